The van der Waals surface area contributed by atoms with Gasteiger partial charge in [0.25, 0.3) is 5.91 Å². The van der Waals surface area contributed by atoms with E-state index in [-0.39, 0.29) is 24.4 Å². The van der Waals surface area contributed by atoms with E-state index in [2.05, 4.69) is 24.4 Å². The van der Waals surface area contributed by atoms with Gasteiger partial charge in [-0.15, -0.1) is 0 Å². The lowest BCUT2D eigenvalue weighted by atomic mass is 10.1. The van der Waals surface area contributed by atoms with E-state index in [0.29, 0.717) is 4.91 Å². The van der Waals surface area contributed by atoms with Crippen LogP contribution in [0.15, 0.2) is 88.7 Å². The number of nitrogens with one attached hydrogen (secondary N) is 1. The van der Waals surface area contributed by atoms with Crippen molar-refractivity contribution in [2.45, 2.75) is 31.2 Å². The molecule has 3 aromatic rings. The summed E-state index contributed by atoms with van der Waals surface area (Å²) in [5.41, 5.74) is 4.02. The van der Waals surface area contributed by atoms with E-state index < -0.39 is 0 Å². The van der Waals surface area contributed by atoms with Gasteiger partial charge in [0.15, 0.2) is 0 Å². The average Bonchev–Trinajstić information content (AvgIpc) is 2.82. The first-order chi connectivity index (χ1) is 15.5. The number of para-hydroxylation sites is 1. The fraction of sp³-hybridized carbons (Fsp3) is 0.185. The lowest BCUT2D eigenvalue weighted by molar-refractivity contribution is -0.122. The Kier molecular flexibility index (Phi) is 6.76. The summed E-state index contributed by atoms with van der Waals surface area (Å²) in [5, 5.41) is 3.01. The molecule has 0 aromatic heterocycles. The Hall–Kier alpha value is -3.31. The fourth-order valence-electron chi connectivity index (χ4n) is 3.68. The topological polar surface area (TPSA) is 49.4 Å². The number of rotatable bonds is 6. The molecule has 162 valence electrons. The molecule has 0 spiro atoms. The van der Waals surface area contributed by atoms with Crippen LogP contribution in [0, 0.1) is 0 Å². The number of benzene rings is 3. The zero-order valence-electron chi connectivity index (χ0n) is 18.2. The SMILES string of the molecule is CCc1ccc(/C=C2/Sc3ccccc3N(CC(=O)NC(C)c3ccccc3)C2=O)cc1. The zero-order valence-corrected chi connectivity index (χ0v) is 19.1. The maximum absolute atomic E-state index is 13.4. The molecular weight excluding hydrogens is 416 g/mol. The minimum absolute atomic E-state index is 0.0281. The third-order valence-electron chi connectivity index (χ3n) is 5.50. The van der Waals surface area contributed by atoms with E-state index in [0.717, 1.165) is 28.1 Å². The van der Waals surface area contributed by atoms with Crippen molar-refractivity contribution in [3.63, 3.8) is 0 Å². The number of anilines is 1. The summed E-state index contributed by atoms with van der Waals surface area (Å²) in [5.74, 6) is -0.348. The molecular formula is C27H26N2O2S. The third-order valence-corrected chi connectivity index (χ3v) is 6.57. The quantitative estimate of drug-likeness (QED) is 0.505. The van der Waals surface area contributed by atoms with E-state index >= 15 is 0 Å². The van der Waals surface area contributed by atoms with Crippen LogP contribution in [0.25, 0.3) is 6.08 Å². The van der Waals surface area contributed by atoms with Gasteiger partial charge in [-0.3, -0.25) is 14.5 Å². The van der Waals surface area contributed by atoms with Crippen molar-refractivity contribution in [2.24, 2.45) is 0 Å². The van der Waals surface area contributed by atoms with Crippen molar-refractivity contribution in [1.29, 1.82) is 0 Å². The first-order valence-corrected chi connectivity index (χ1v) is 11.6. The Balaban J connectivity index is 1.56. The van der Waals surface area contributed by atoms with Crippen LogP contribution in [0.3, 0.4) is 0 Å². The number of hydrogen-bond donors (Lipinski definition) is 1. The molecule has 5 heteroatoms. The van der Waals surface area contributed by atoms with Crippen LogP contribution < -0.4 is 10.2 Å². The summed E-state index contributed by atoms with van der Waals surface area (Å²) in [6, 6.07) is 25.6. The maximum atomic E-state index is 13.4. The number of aryl methyl sites for hydroxylation is 1. The lowest BCUT2D eigenvalue weighted by Gasteiger charge is -2.30. The van der Waals surface area contributed by atoms with Crippen LogP contribution >= 0.6 is 11.8 Å². The Labute approximate surface area is 193 Å². The summed E-state index contributed by atoms with van der Waals surface area (Å²) in [4.78, 5) is 29.4. The highest BCUT2D eigenvalue weighted by atomic mass is 32.2. The summed E-state index contributed by atoms with van der Waals surface area (Å²) >= 11 is 1.45. The molecule has 32 heavy (non-hydrogen) atoms. The van der Waals surface area contributed by atoms with Gasteiger partial charge in [-0.05, 0) is 48.2 Å². The van der Waals surface area contributed by atoms with Crippen molar-refractivity contribution in [3.8, 4) is 0 Å². The number of carbonyl (C=O) groups excluding carboxylic acids is 2. The molecule has 2 amide bonds. The van der Waals surface area contributed by atoms with E-state index in [1.54, 1.807) is 4.90 Å². The van der Waals surface area contributed by atoms with Crippen LogP contribution in [0.1, 0.15) is 36.6 Å². The number of fused-ring (bicyclic) bond motifs is 1. The van der Waals surface area contributed by atoms with Crippen LogP contribution in [0.5, 0.6) is 0 Å². The normalized spacial score (nSPS) is 15.4. The molecule has 4 nitrogen and oxygen atoms in total. The molecule has 0 saturated carbocycles. The number of amides is 2. The molecule has 3 aromatic carbocycles. The highest BCUT2D eigenvalue weighted by Crippen LogP contribution is 2.41. The molecule has 1 aliphatic heterocycles. The average molecular weight is 443 g/mol. The second kappa shape index (κ2) is 9.88. The van der Waals surface area contributed by atoms with Gasteiger partial charge in [-0.1, -0.05) is 85.4 Å². The molecule has 0 radical (unpaired) electrons. The molecule has 1 aliphatic rings. The number of hydrogen-bond acceptors (Lipinski definition) is 3. The van der Waals surface area contributed by atoms with Crippen molar-refractivity contribution < 1.29 is 9.59 Å². The molecule has 1 N–H and O–H groups in total. The van der Waals surface area contributed by atoms with Gasteiger partial charge in [-0.25, -0.2) is 0 Å². The Morgan fingerprint density at radius 1 is 1.00 bits per heavy atom. The zero-order chi connectivity index (χ0) is 22.5. The van der Waals surface area contributed by atoms with E-state index in [4.69, 9.17) is 0 Å². The first kappa shape index (κ1) is 21.9. The highest BCUT2D eigenvalue weighted by molar-refractivity contribution is 8.04. The minimum Gasteiger partial charge on any atom is -0.348 e. The smallest absolute Gasteiger partial charge is 0.265 e. The first-order valence-electron chi connectivity index (χ1n) is 10.8. The second-order valence-corrected chi connectivity index (χ2v) is 8.85. The predicted octanol–water partition coefficient (Wildman–Crippen LogP) is 5.61. The van der Waals surface area contributed by atoms with Crippen LogP contribution in [0.2, 0.25) is 0 Å². The molecule has 0 fully saturated rings. The summed E-state index contributed by atoms with van der Waals surface area (Å²) in [7, 11) is 0. The van der Waals surface area contributed by atoms with Gasteiger partial charge in [0, 0.05) is 4.90 Å². The Bertz CT molecular complexity index is 1140. The van der Waals surface area contributed by atoms with E-state index in [1.165, 1.54) is 17.3 Å². The van der Waals surface area contributed by atoms with Gasteiger partial charge < -0.3 is 5.32 Å². The molecule has 0 saturated heterocycles. The summed E-state index contributed by atoms with van der Waals surface area (Å²) < 4.78 is 0. The standard InChI is InChI=1S/C27H26N2O2S/c1-3-20-13-15-21(16-14-20)17-25-27(31)29(23-11-7-8-12-24(23)32-25)18-26(30)28-19(2)22-9-5-4-6-10-22/h4-17,19H,3,18H2,1-2H3,(H,28,30)/b25-17+. The van der Waals surface area contributed by atoms with Gasteiger partial charge >= 0.3 is 0 Å². The number of thioether (sulfide) groups is 1. The largest absolute Gasteiger partial charge is 0.348 e. The predicted molar refractivity (Wildman–Crippen MR) is 131 cm³/mol. The molecule has 1 atom stereocenters. The molecule has 4 rings (SSSR count). The van der Waals surface area contributed by atoms with Crippen molar-refractivity contribution >= 4 is 35.3 Å². The maximum Gasteiger partial charge on any atom is 0.265 e. The highest BCUT2D eigenvalue weighted by Gasteiger charge is 2.30. The second-order valence-electron chi connectivity index (χ2n) is 7.76. The fourth-order valence-corrected chi connectivity index (χ4v) is 4.73. The van der Waals surface area contributed by atoms with Crippen LogP contribution in [-0.4, -0.2) is 18.4 Å². The van der Waals surface area contributed by atoms with E-state index in [1.807, 2.05) is 79.7 Å². The van der Waals surface area contributed by atoms with E-state index in [9.17, 15) is 9.59 Å². The van der Waals surface area contributed by atoms with Crippen LogP contribution in [-0.2, 0) is 16.0 Å². The molecule has 1 unspecified atom stereocenters. The monoisotopic (exact) mass is 442 g/mol. The number of nitrogens with zero attached hydrogens (tertiary/aromatic N) is 1. The molecule has 1 heterocycles. The third kappa shape index (κ3) is 4.94. The lowest BCUT2D eigenvalue weighted by Crippen LogP contribution is -2.43. The Morgan fingerprint density at radius 3 is 2.41 bits per heavy atom. The summed E-state index contributed by atoms with van der Waals surface area (Å²) in [6.07, 6.45) is 2.88. The Morgan fingerprint density at radius 2 is 1.69 bits per heavy atom. The molecule has 0 aliphatic carbocycles. The van der Waals surface area contributed by atoms with Gasteiger partial charge in [0.05, 0.1) is 16.6 Å². The van der Waals surface area contributed by atoms with Crippen LogP contribution in [0.4, 0.5) is 5.69 Å². The van der Waals surface area contributed by atoms with Crippen molar-refractivity contribution in [3.05, 3.63) is 100 Å². The number of carbonyl (C=O) groups is 2. The summed E-state index contributed by atoms with van der Waals surface area (Å²) in [6.45, 7) is 4.03. The molecule has 0 bridgehead atoms. The van der Waals surface area contributed by atoms with Gasteiger partial charge in [0.2, 0.25) is 5.91 Å². The van der Waals surface area contributed by atoms with Crippen molar-refractivity contribution in [2.75, 3.05) is 11.4 Å². The minimum atomic E-state index is -0.192. The van der Waals surface area contributed by atoms with Gasteiger partial charge in [0.1, 0.15) is 6.54 Å². The van der Waals surface area contributed by atoms with Gasteiger partial charge in [-0.2, -0.15) is 0 Å². The van der Waals surface area contributed by atoms with Crippen molar-refractivity contribution in [1.82, 2.24) is 5.32 Å².